The summed E-state index contributed by atoms with van der Waals surface area (Å²) < 4.78 is 0.768. The van der Waals surface area contributed by atoms with Crippen LogP contribution in [0, 0.1) is 6.92 Å². The Bertz CT molecular complexity index is 236. The van der Waals surface area contributed by atoms with Gasteiger partial charge in [-0.1, -0.05) is 0 Å². The van der Waals surface area contributed by atoms with E-state index >= 15 is 0 Å². The molecule has 0 aliphatic heterocycles. The van der Waals surface area contributed by atoms with E-state index in [1.54, 1.807) is 6.20 Å². The van der Waals surface area contributed by atoms with Crippen LogP contribution in [0.4, 0.5) is 5.82 Å². The van der Waals surface area contributed by atoms with Crippen LogP contribution in [0.3, 0.4) is 0 Å². The van der Waals surface area contributed by atoms with Crippen molar-refractivity contribution in [2.24, 2.45) is 0 Å². The zero-order valence-corrected chi connectivity index (χ0v) is 7.44. The molecule has 0 aliphatic rings. The van der Waals surface area contributed by atoms with E-state index in [0.717, 1.165) is 16.1 Å². The summed E-state index contributed by atoms with van der Waals surface area (Å²) in [7, 11) is 1.82. The molecule has 0 aromatic carbocycles. The highest BCUT2D eigenvalue weighted by Crippen LogP contribution is 2.10. The molecule has 3 nitrogen and oxygen atoms in total. The van der Waals surface area contributed by atoms with Gasteiger partial charge in [0.1, 0.15) is 10.4 Å². The number of hydrogen-bond acceptors (Lipinski definition) is 3. The Morgan fingerprint density at radius 2 is 2.30 bits per heavy atom. The Balaban J connectivity index is 3.07. The summed E-state index contributed by atoms with van der Waals surface area (Å²) in [6, 6.07) is 0. The molecule has 10 heavy (non-hydrogen) atoms. The van der Waals surface area contributed by atoms with Crippen molar-refractivity contribution >= 4 is 21.7 Å². The Kier molecular flexibility index (Phi) is 2.21. The molecule has 0 saturated carbocycles. The molecule has 0 spiro atoms. The van der Waals surface area contributed by atoms with E-state index in [9.17, 15) is 0 Å². The fraction of sp³-hybridized carbons (Fsp3) is 0.333. The van der Waals surface area contributed by atoms with Crippen molar-refractivity contribution in [3.8, 4) is 0 Å². The third kappa shape index (κ3) is 1.44. The molecule has 1 aromatic rings. The summed E-state index contributed by atoms with van der Waals surface area (Å²) in [6.07, 6.45) is 1.67. The van der Waals surface area contributed by atoms with Crippen LogP contribution in [0.2, 0.25) is 0 Å². The van der Waals surface area contributed by atoms with Gasteiger partial charge in [0.2, 0.25) is 0 Å². The van der Waals surface area contributed by atoms with E-state index < -0.39 is 0 Å². The second kappa shape index (κ2) is 2.96. The van der Waals surface area contributed by atoms with Crippen LogP contribution in [0.15, 0.2) is 10.8 Å². The first-order chi connectivity index (χ1) is 4.74. The number of aryl methyl sites for hydroxylation is 1. The minimum Gasteiger partial charge on any atom is -0.372 e. The third-order valence-corrected chi connectivity index (χ3v) is 1.54. The zero-order valence-electron chi connectivity index (χ0n) is 5.85. The van der Waals surface area contributed by atoms with E-state index in [4.69, 9.17) is 0 Å². The van der Waals surface area contributed by atoms with Crippen LogP contribution in [-0.4, -0.2) is 17.0 Å². The van der Waals surface area contributed by atoms with E-state index in [1.165, 1.54) is 0 Å². The summed E-state index contributed by atoms with van der Waals surface area (Å²) >= 11 is 3.22. The number of aromatic nitrogens is 2. The number of halogens is 1. The van der Waals surface area contributed by atoms with Crippen molar-refractivity contribution in [1.29, 1.82) is 0 Å². The standard InChI is InChI=1S/C6H8BrN3/c1-4-6(8-2)9-3-5(7)10-4/h3H,1-2H3,(H,8,9). The summed E-state index contributed by atoms with van der Waals surface area (Å²) in [5, 5.41) is 2.93. The highest BCUT2D eigenvalue weighted by atomic mass is 79.9. The Morgan fingerprint density at radius 1 is 1.60 bits per heavy atom. The van der Waals surface area contributed by atoms with Crippen molar-refractivity contribution in [3.63, 3.8) is 0 Å². The normalized spacial score (nSPS) is 9.50. The minimum absolute atomic E-state index is 0.768. The average Bonchev–Trinajstić information content (AvgIpc) is 1.88. The van der Waals surface area contributed by atoms with E-state index in [1.807, 2.05) is 14.0 Å². The molecule has 4 heteroatoms. The number of rotatable bonds is 1. The minimum atomic E-state index is 0.768. The first-order valence-corrected chi connectivity index (χ1v) is 3.70. The topological polar surface area (TPSA) is 37.8 Å². The molecule has 0 radical (unpaired) electrons. The van der Waals surface area contributed by atoms with Gasteiger partial charge in [-0.25, -0.2) is 9.97 Å². The summed E-state index contributed by atoms with van der Waals surface area (Å²) in [5.74, 6) is 0.822. The van der Waals surface area contributed by atoms with Gasteiger partial charge < -0.3 is 5.32 Å². The lowest BCUT2D eigenvalue weighted by molar-refractivity contribution is 1.08. The van der Waals surface area contributed by atoms with Crippen LogP contribution in [0.1, 0.15) is 5.69 Å². The highest BCUT2D eigenvalue weighted by molar-refractivity contribution is 9.10. The Hall–Kier alpha value is -0.640. The lowest BCUT2D eigenvalue weighted by atomic mass is 10.4. The smallest absolute Gasteiger partial charge is 0.147 e. The average molecular weight is 202 g/mol. The molecule has 54 valence electrons. The predicted molar refractivity (Wildman–Crippen MR) is 44.0 cm³/mol. The Morgan fingerprint density at radius 3 is 2.80 bits per heavy atom. The molecular weight excluding hydrogens is 194 g/mol. The second-order valence-electron chi connectivity index (χ2n) is 1.88. The van der Waals surface area contributed by atoms with Crippen LogP contribution < -0.4 is 5.32 Å². The lowest BCUT2D eigenvalue weighted by Gasteiger charge is -2.00. The first kappa shape index (κ1) is 7.47. The van der Waals surface area contributed by atoms with Crippen LogP contribution in [0.25, 0.3) is 0 Å². The van der Waals surface area contributed by atoms with Crippen LogP contribution in [-0.2, 0) is 0 Å². The number of anilines is 1. The van der Waals surface area contributed by atoms with E-state index in [-0.39, 0.29) is 0 Å². The van der Waals surface area contributed by atoms with E-state index in [2.05, 4.69) is 31.2 Å². The molecule has 1 N–H and O–H groups in total. The fourth-order valence-corrected chi connectivity index (χ4v) is 1.07. The van der Waals surface area contributed by atoms with Crippen LogP contribution >= 0.6 is 15.9 Å². The van der Waals surface area contributed by atoms with Gasteiger partial charge in [0.25, 0.3) is 0 Å². The maximum absolute atomic E-state index is 4.14. The van der Waals surface area contributed by atoms with E-state index in [0.29, 0.717) is 0 Å². The first-order valence-electron chi connectivity index (χ1n) is 2.91. The number of nitrogens with zero attached hydrogens (tertiary/aromatic N) is 2. The molecule has 0 bridgehead atoms. The molecule has 1 heterocycles. The van der Waals surface area contributed by atoms with Crippen molar-refractivity contribution < 1.29 is 0 Å². The van der Waals surface area contributed by atoms with Crippen molar-refractivity contribution in [1.82, 2.24) is 9.97 Å². The van der Waals surface area contributed by atoms with Crippen molar-refractivity contribution in [3.05, 3.63) is 16.5 Å². The third-order valence-electron chi connectivity index (χ3n) is 1.15. The SMILES string of the molecule is CNc1ncc(Br)nc1C. The number of nitrogens with one attached hydrogen (secondary N) is 1. The molecule has 1 rings (SSSR count). The summed E-state index contributed by atoms with van der Waals surface area (Å²) in [5.41, 5.74) is 0.900. The lowest BCUT2D eigenvalue weighted by Crippen LogP contribution is -1.97. The van der Waals surface area contributed by atoms with Crippen molar-refractivity contribution in [2.45, 2.75) is 6.92 Å². The molecule has 0 unspecified atom stereocenters. The molecule has 0 amide bonds. The van der Waals surface area contributed by atoms with Gasteiger partial charge in [0.05, 0.1) is 11.9 Å². The fourth-order valence-electron chi connectivity index (χ4n) is 0.699. The molecule has 0 atom stereocenters. The van der Waals surface area contributed by atoms with Gasteiger partial charge in [0, 0.05) is 7.05 Å². The second-order valence-corrected chi connectivity index (χ2v) is 2.69. The molecule has 1 aromatic heterocycles. The van der Waals surface area contributed by atoms with Gasteiger partial charge in [0.15, 0.2) is 0 Å². The summed E-state index contributed by atoms with van der Waals surface area (Å²) in [6.45, 7) is 1.91. The van der Waals surface area contributed by atoms with Crippen molar-refractivity contribution in [2.75, 3.05) is 12.4 Å². The maximum Gasteiger partial charge on any atom is 0.147 e. The maximum atomic E-state index is 4.14. The van der Waals surface area contributed by atoms with Gasteiger partial charge in [-0.05, 0) is 22.9 Å². The summed E-state index contributed by atoms with van der Waals surface area (Å²) in [4.78, 5) is 8.21. The van der Waals surface area contributed by atoms with Gasteiger partial charge >= 0.3 is 0 Å². The number of hydrogen-bond donors (Lipinski definition) is 1. The predicted octanol–water partition coefficient (Wildman–Crippen LogP) is 1.59. The van der Waals surface area contributed by atoms with Crippen LogP contribution in [0.5, 0.6) is 0 Å². The largest absolute Gasteiger partial charge is 0.372 e. The zero-order chi connectivity index (χ0) is 7.56. The highest BCUT2D eigenvalue weighted by Gasteiger charge is 1.97. The Labute approximate surface area is 68.0 Å². The van der Waals surface area contributed by atoms with Gasteiger partial charge in [-0.2, -0.15) is 0 Å². The molecule has 0 saturated heterocycles. The quantitative estimate of drug-likeness (QED) is 0.751. The molecule has 0 fully saturated rings. The monoisotopic (exact) mass is 201 g/mol. The molecular formula is C6H8BrN3. The molecule has 0 aliphatic carbocycles. The van der Waals surface area contributed by atoms with Gasteiger partial charge in [-0.15, -0.1) is 0 Å². The van der Waals surface area contributed by atoms with Gasteiger partial charge in [-0.3, -0.25) is 0 Å².